The summed E-state index contributed by atoms with van der Waals surface area (Å²) >= 11 is 2.66. The van der Waals surface area contributed by atoms with Crippen molar-refractivity contribution in [2.24, 2.45) is 0 Å². The Morgan fingerprint density at radius 2 is 1.67 bits per heavy atom. The molecule has 1 N–H and O–H groups in total. The van der Waals surface area contributed by atoms with Crippen molar-refractivity contribution in [2.45, 2.75) is 30.0 Å². The molecule has 0 aliphatic carbocycles. The van der Waals surface area contributed by atoms with E-state index in [-0.39, 0.29) is 11.4 Å². The van der Waals surface area contributed by atoms with E-state index in [0.717, 1.165) is 21.0 Å². The van der Waals surface area contributed by atoms with Crippen molar-refractivity contribution in [3.8, 4) is 0 Å². The quantitative estimate of drug-likeness (QED) is 0.421. The Balaban J connectivity index is 1.96. The van der Waals surface area contributed by atoms with Crippen LogP contribution in [-0.2, 0) is 14.8 Å². The third kappa shape index (κ3) is 5.18. The predicted octanol–water partition coefficient (Wildman–Crippen LogP) is 4.02. The van der Waals surface area contributed by atoms with Crippen LogP contribution in [-0.4, -0.2) is 37.3 Å². The zero-order valence-electron chi connectivity index (χ0n) is 17.0. The van der Waals surface area contributed by atoms with E-state index < -0.39 is 15.9 Å². The Hall–Kier alpha value is -2.43. The van der Waals surface area contributed by atoms with Crippen molar-refractivity contribution in [1.29, 1.82) is 0 Å². The molecule has 0 bridgehead atoms. The second kappa shape index (κ2) is 9.15. The van der Waals surface area contributed by atoms with Crippen LogP contribution in [0.1, 0.15) is 16.7 Å². The van der Waals surface area contributed by atoms with Gasteiger partial charge in [-0.25, -0.2) is 8.42 Å². The maximum Gasteiger partial charge on any atom is 0.264 e. The minimum absolute atomic E-state index is 0.126. The van der Waals surface area contributed by atoms with E-state index in [2.05, 4.69) is 15.5 Å². The minimum Gasteiger partial charge on any atom is -0.299 e. The van der Waals surface area contributed by atoms with Crippen molar-refractivity contribution in [3.05, 3.63) is 59.2 Å². The Morgan fingerprint density at radius 3 is 2.23 bits per heavy atom. The van der Waals surface area contributed by atoms with Gasteiger partial charge >= 0.3 is 0 Å². The number of anilines is 2. The molecule has 0 aliphatic rings. The number of carbonyl (C=O) groups excluding carboxylic acids is 1. The van der Waals surface area contributed by atoms with Gasteiger partial charge in [0.1, 0.15) is 6.54 Å². The molecule has 0 aliphatic heterocycles. The molecule has 0 radical (unpaired) electrons. The van der Waals surface area contributed by atoms with Gasteiger partial charge < -0.3 is 0 Å². The van der Waals surface area contributed by atoms with Gasteiger partial charge in [-0.1, -0.05) is 46.9 Å². The van der Waals surface area contributed by atoms with Crippen LogP contribution in [0.4, 0.5) is 10.8 Å². The van der Waals surface area contributed by atoms with Crippen LogP contribution in [0.15, 0.2) is 51.7 Å². The Morgan fingerprint density at radius 1 is 1.03 bits per heavy atom. The topological polar surface area (TPSA) is 92.3 Å². The molecule has 0 unspecified atom stereocenters. The van der Waals surface area contributed by atoms with Crippen LogP contribution in [0.2, 0.25) is 0 Å². The van der Waals surface area contributed by atoms with E-state index in [9.17, 15) is 13.2 Å². The zero-order valence-corrected chi connectivity index (χ0v) is 19.5. The lowest BCUT2D eigenvalue weighted by atomic mass is 10.1. The van der Waals surface area contributed by atoms with E-state index in [1.807, 2.05) is 33.1 Å². The lowest BCUT2D eigenvalue weighted by Gasteiger charge is -2.24. The molecule has 1 heterocycles. The third-order valence-corrected chi connectivity index (χ3v) is 7.82. The Kier molecular flexibility index (Phi) is 6.79. The molecular formula is C20H22N4O3S3. The summed E-state index contributed by atoms with van der Waals surface area (Å²) in [5.74, 6) is -0.492. The first kappa shape index (κ1) is 22.3. The monoisotopic (exact) mass is 462 g/mol. The number of hydrogen-bond acceptors (Lipinski definition) is 7. The summed E-state index contributed by atoms with van der Waals surface area (Å²) in [7, 11) is -3.96. The fourth-order valence-corrected chi connectivity index (χ4v) is 5.47. The maximum absolute atomic E-state index is 13.4. The normalized spacial score (nSPS) is 11.3. The maximum atomic E-state index is 13.4. The van der Waals surface area contributed by atoms with E-state index in [4.69, 9.17) is 0 Å². The van der Waals surface area contributed by atoms with Crippen LogP contribution in [0.3, 0.4) is 0 Å². The molecule has 7 nitrogen and oxygen atoms in total. The van der Waals surface area contributed by atoms with Gasteiger partial charge in [0.25, 0.3) is 10.0 Å². The molecule has 3 rings (SSSR count). The van der Waals surface area contributed by atoms with Crippen LogP contribution in [0.25, 0.3) is 0 Å². The smallest absolute Gasteiger partial charge is 0.264 e. The SMILES string of the molecule is CSc1nnc(NC(=O)CN(c2cc(C)cc(C)c2)S(=O)(=O)c2ccc(C)cc2)s1. The summed E-state index contributed by atoms with van der Waals surface area (Å²) in [4.78, 5) is 12.8. The Labute approximate surface area is 184 Å². The number of aryl methyl sites for hydroxylation is 3. The van der Waals surface area contributed by atoms with Crippen molar-refractivity contribution >= 4 is 49.8 Å². The number of benzene rings is 2. The van der Waals surface area contributed by atoms with Crippen LogP contribution in [0, 0.1) is 20.8 Å². The molecule has 0 atom stereocenters. The molecule has 0 fully saturated rings. The first-order chi connectivity index (χ1) is 14.2. The van der Waals surface area contributed by atoms with Crippen LogP contribution >= 0.6 is 23.1 Å². The van der Waals surface area contributed by atoms with Crippen molar-refractivity contribution in [3.63, 3.8) is 0 Å². The highest BCUT2D eigenvalue weighted by Gasteiger charge is 2.28. The highest BCUT2D eigenvalue weighted by Crippen LogP contribution is 2.27. The summed E-state index contributed by atoms with van der Waals surface area (Å²) in [5, 5.41) is 10.8. The van der Waals surface area contributed by atoms with E-state index in [0.29, 0.717) is 15.2 Å². The van der Waals surface area contributed by atoms with E-state index in [1.54, 1.807) is 36.4 Å². The van der Waals surface area contributed by atoms with Gasteiger partial charge in [0, 0.05) is 0 Å². The van der Waals surface area contributed by atoms with Gasteiger partial charge in [-0.05, 0) is 62.4 Å². The number of hydrogen-bond donors (Lipinski definition) is 1. The van der Waals surface area contributed by atoms with Gasteiger partial charge in [-0.2, -0.15) is 0 Å². The molecule has 30 heavy (non-hydrogen) atoms. The molecule has 0 spiro atoms. The van der Waals surface area contributed by atoms with Gasteiger partial charge in [0.2, 0.25) is 11.0 Å². The van der Waals surface area contributed by atoms with Crippen molar-refractivity contribution in [2.75, 3.05) is 22.4 Å². The minimum atomic E-state index is -3.96. The molecule has 10 heteroatoms. The molecule has 0 saturated carbocycles. The van der Waals surface area contributed by atoms with Gasteiger partial charge in [0.05, 0.1) is 10.6 Å². The lowest BCUT2D eigenvalue weighted by molar-refractivity contribution is -0.114. The average Bonchev–Trinajstić information content (AvgIpc) is 3.13. The molecule has 1 amide bonds. The summed E-state index contributed by atoms with van der Waals surface area (Å²) in [6.45, 7) is 5.28. The van der Waals surface area contributed by atoms with Gasteiger partial charge in [0.15, 0.2) is 4.34 Å². The largest absolute Gasteiger partial charge is 0.299 e. The van der Waals surface area contributed by atoms with Crippen LogP contribution < -0.4 is 9.62 Å². The number of aromatic nitrogens is 2. The highest BCUT2D eigenvalue weighted by atomic mass is 32.2. The standard InChI is InChI=1S/C20H22N4O3S3/c1-13-5-7-17(8-6-13)30(26,27)24(16-10-14(2)9-15(3)11-16)12-18(25)21-19-22-23-20(28-4)29-19/h5-11H,12H2,1-4H3,(H,21,22,25). The van der Waals surface area contributed by atoms with E-state index in [1.165, 1.54) is 23.1 Å². The molecule has 0 saturated heterocycles. The second-order valence-electron chi connectivity index (χ2n) is 6.80. The molecular weight excluding hydrogens is 440 g/mol. The summed E-state index contributed by atoms with van der Waals surface area (Å²) in [6, 6.07) is 12.0. The number of amides is 1. The third-order valence-electron chi connectivity index (χ3n) is 4.22. The first-order valence-corrected chi connectivity index (χ1v) is 12.5. The average molecular weight is 463 g/mol. The fraction of sp³-hybridized carbons (Fsp3) is 0.250. The first-order valence-electron chi connectivity index (χ1n) is 9.04. The molecule has 1 aromatic heterocycles. The number of rotatable bonds is 7. The molecule has 2 aromatic carbocycles. The Bertz CT molecular complexity index is 1140. The number of thioether (sulfide) groups is 1. The van der Waals surface area contributed by atoms with E-state index >= 15 is 0 Å². The summed E-state index contributed by atoms with van der Waals surface area (Å²) in [6.07, 6.45) is 1.86. The number of nitrogens with zero attached hydrogens (tertiary/aromatic N) is 3. The second-order valence-corrected chi connectivity index (χ2v) is 10.7. The highest BCUT2D eigenvalue weighted by molar-refractivity contribution is 8.00. The van der Waals surface area contributed by atoms with Crippen molar-refractivity contribution in [1.82, 2.24) is 10.2 Å². The number of carbonyl (C=O) groups is 1. The van der Waals surface area contributed by atoms with Gasteiger partial charge in [-0.3, -0.25) is 14.4 Å². The zero-order chi connectivity index (χ0) is 21.9. The molecule has 158 valence electrons. The van der Waals surface area contributed by atoms with Gasteiger partial charge in [-0.15, -0.1) is 10.2 Å². The number of sulfonamides is 1. The summed E-state index contributed by atoms with van der Waals surface area (Å²) < 4.78 is 28.7. The lowest BCUT2D eigenvalue weighted by Crippen LogP contribution is -2.38. The fourth-order valence-electron chi connectivity index (χ4n) is 2.88. The van der Waals surface area contributed by atoms with Crippen LogP contribution in [0.5, 0.6) is 0 Å². The predicted molar refractivity (Wildman–Crippen MR) is 122 cm³/mol. The van der Waals surface area contributed by atoms with Crippen molar-refractivity contribution < 1.29 is 13.2 Å². The number of nitrogens with one attached hydrogen (secondary N) is 1. The summed E-state index contributed by atoms with van der Waals surface area (Å²) in [5.41, 5.74) is 3.20. The molecule has 3 aromatic rings.